The van der Waals surface area contributed by atoms with Crippen molar-refractivity contribution in [3.05, 3.63) is 24.3 Å². The van der Waals surface area contributed by atoms with E-state index in [1.165, 1.54) is 6.20 Å². The fourth-order valence-electron chi connectivity index (χ4n) is 1.95. The van der Waals surface area contributed by atoms with Crippen molar-refractivity contribution >= 4 is 5.91 Å². The second-order valence-corrected chi connectivity index (χ2v) is 3.86. The molecule has 1 amide bonds. The quantitative estimate of drug-likeness (QED) is 0.779. The molecule has 1 aliphatic rings. The normalized spacial score (nSPS) is 20.8. The zero-order valence-corrected chi connectivity index (χ0v) is 9.39. The largest absolute Gasteiger partial charge is 0.332 e. The summed E-state index contributed by atoms with van der Waals surface area (Å²) in [5, 5.41) is 3.29. The summed E-state index contributed by atoms with van der Waals surface area (Å²) < 4.78 is 0. The van der Waals surface area contributed by atoms with E-state index in [0.717, 1.165) is 26.1 Å². The lowest BCUT2D eigenvalue weighted by Crippen LogP contribution is -2.53. The zero-order valence-electron chi connectivity index (χ0n) is 9.39. The lowest BCUT2D eigenvalue weighted by molar-refractivity contribution is 0.0624. The average Bonchev–Trinajstić information content (AvgIpc) is 2.39. The maximum Gasteiger partial charge on any atom is 0.274 e. The number of amides is 1. The molecule has 0 radical (unpaired) electrons. The van der Waals surface area contributed by atoms with Gasteiger partial charge in [0, 0.05) is 38.1 Å². The first-order chi connectivity index (χ1) is 7.83. The van der Waals surface area contributed by atoms with E-state index in [0.29, 0.717) is 5.69 Å². The molecule has 0 saturated carbocycles. The monoisotopic (exact) mass is 220 g/mol. The highest BCUT2D eigenvalue weighted by Crippen LogP contribution is 2.10. The van der Waals surface area contributed by atoms with Gasteiger partial charge in [0.2, 0.25) is 0 Å². The van der Waals surface area contributed by atoms with E-state index >= 15 is 0 Å². The minimum Gasteiger partial charge on any atom is -0.332 e. The molecule has 5 heteroatoms. The molecule has 2 rings (SSSR count). The van der Waals surface area contributed by atoms with Crippen molar-refractivity contribution in [2.24, 2.45) is 0 Å². The highest BCUT2D eigenvalue weighted by molar-refractivity contribution is 5.92. The van der Waals surface area contributed by atoms with Gasteiger partial charge >= 0.3 is 0 Å². The van der Waals surface area contributed by atoms with Gasteiger partial charge in [-0.05, 0) is 6.42 Å². The first-order valence-electron chi connectivity index (χ1n) is 5.60. The number of nitrogens with one attached hydrogen (secondary N) is 1. The summed E-state index contributed by atoms with van der Waals surface area (Å²) >= 11 is 0. The molecular formula is C11H16N4O. The molecule has 1 atom stereocenters. The van der Waals surface area contributed by atoms with Crippen molar-refractivity contribution in [1.82, 2.24) is 20.2 Å². The van der Waals surface area contributed by atoms with E-state index in [9.17, 15) is 4.79 Å². The van der Waals surface area contributed by atoms with E-state index in [1.807, 2.05) is 4.90 Å². The van der Waals surface area contributed by atoms with Crippen molar-refractivity contribution in [3.8, 4) is 0 Å². The van der Waals surface area contributed by atoms with Crippen LogP contribution in [0.3, 0.4) is 0 Å². The maximum atomic E-state index is 12.2. The third-order valence-electron chi connectivity index (χ3n) is 2.86. The van der Waals surface area contributed by atoms with Crippen molar-refractivity contribution in [2.75, 3.05) is 19.6 Å². The van der Waals surface area contributed by atoms with Gasteiger partial charge < -0.3 is 10.2 Å². The van der Waals surface area contributed by atoms with Crippen LogP contribution in [0.2, 0.25) is 0 Å². The van der Waals surface area contributed by atoms with Crippen LogP contribution in [0.4, 0.5) is 0 Å². The second kappa shape index (κ2) is 5.03. The van der Waals surface area contributed by atoms with Gasteiger partial charge in [0.25, 0.3) is 5.91 Å². The molecule has 1 aromatic heterocycles. The summed E-state index contributed by atoms with van der Waals surface area (Å²) in [7, 11) is 0. The molecule has 0 aliphatic carbocycles. The number of carbonyl (C=O) groups excluding carboxylic acids is 1. The summed E-state index contributed by atoms with van der Waals surface area (Å²) in [5.41, 5.74) is 0.433. The number of hydrogen-bond acceptors (Lipinski definition) is 4. The Balaban J connectivity index is 2.14. The Kier molecular flexibility index (Phi) is 3.46. The predicted octanol–water partition coefficient (Wildman–Crippen LogP) is 0.301. The lowest BCUT2D eigenvalue weighted by Gasteiger charge is -2.35. The van der Waals surface area contributed by atoms with E-state index in [-0.39, 0.29) is 11.9 Å². The minimum absolute atomic E-state index is 0.0125. The average molecular weight is 220 g/mol. The topological polar surface area (TPSA) is 58.1 Å². The second-order valence-electron chi connectivity index (χ2n) is 3.86. The van der Waals surface area contributed by atoms with Crippen molar-refractivity contribution < 1.29 is 4.79 Å². The van der Waals surface area contributed by atoms with Crippen molar-refractivity contribution in [1.29, 1.82) is 0 Å². The molecule has 1 aliphatic heterocycles. The molecule has 1 saturated heterocycles. The molecule has 1 unspecified atom stereocenters. The van der Waals surface area contributed by atoms with E-state index < -0.39 is 0 Å². The molecule has 1 N–H and O–H groups in total. The standard InChI is InChI=1S/C11H16N4O/c1-2-9-7-13-5-6-15(9)11(16)10-8-12-3-4-14-10/h3-4,8-9,13H,2,5-7H2,1H3. The Morgan fingerprint density at radius 1 is 1.62 bits per heavy atom. The van der Waals surface area contributed by atoms with Crippen LogP contribution < -0.4 is 5.32 Å². The van der Waals surface area contributed by atoms with E-state index in [2.05, 4.69) is 22.2 Å². The Morgan fingerprint density at radius 3 is 3.19 bits per heavy atom. The van der Waals surface area contributed by atoms with Gasteiger partial charge in [-0.3, -0.25) is 9.78 Å². The van der Waals surface area contributed by atoms with Crippen LogP contribution in [-0.2, 0) is 0 Å². The summed E-state index contributed by atoms with van der Waals surface area (Å²) in [6.07, 6.45) is 5.61. The fourth-order valence-corrected chi connectivity index (χ4v) is 1.95. The Labute approximate surface area is 94.9 Å². The van der Waals surface area contributed by atoms with Crippen LogP contribution >= 0.6 is 0 Å². The van der Waals surface area contributed by atoms with Crippen molar-refractivity contribution in [2.45, 2.75) is 19.4 Å². The molecule has 0 aromatic carbocycles. The number of aromatic nitrogens is 2. The summed E-state index contributed by atoms with van der Waals surface area (Å²) in [6, 6.07) is 0.267. The number of hydrogen-bond donors (Lipinski definition) is 1. The van der Waals surface area contributed by atoms with Gasteiger partial charge in [0.15, 0.2) is 0 Å². The fraction of sp³-hybridized carbons (Fsp3) is 0.545. The van der Waals surface area contributed by atoms with Gasteiger partial charge in [-0.1, -0.05) is 6.92 Å². The summed E-state index contributed by atoms with van der Waals surface area (Å²) in [5.74, 6) is -0.0125. The van der Waals surface area contributed by atoms with Crippen LogP contribution in [0.15, 0.2) is 18.6 Å². The molecule has 0 bridgehead atoms. The van der Waals surface area contributed by atoms with Crippen LogP contribution in [0.25, 0.3) is 0 Å². The van der Waals surface area contributed by atoms with Crippen LogP contribution in [0, 0.1) is 0 Å². The minimum atomic E-state index is -0.0125. The number of nitrogens with zero attached hydrogens (tertiary/aromatic N) is 3. The summed E-state index contributed by atoms with van der Waals surface area (Å²) in [4.78, 5) is 22.0. The van der Waals surface area contributed by atoms with Gasteiger partial charge in [0.1, 0.15) is 5.69 Å². The third-order valence-corrected chi connectivity index (χ3v) is 2.86. The SMILES string of the molecule is CCC1CNCCN1C(=O)c1cnccn1. The first kappa shape index (κ1) is 11.0. The maximum absolute atomic E-state index is 12.2. The van der Waals surface area contributed by atoms with Gasteiger partial charge in [-0.15, -0.1) is 0 Å². The highest BCUT2D eigenvalue weighted by Gasteiger charge is 2.26. The number of rotatable bonds is 2. The molecule has 1 aromatic rings. The van der Waals surface area contributed by atoms with Gasteiger partial charge in [-0.25, -0.2) is 4.98 Å². The van der Waals surface area contributed by atoms with Crippen molar-refractivity contribution in [3.63, 3.8) is 0 Å². The number of carbonyl (C=O) groups is 1. The Morgan fingerprint density at radius 2 is 2.50 bits per heavy atom. The molecule has 5 nitrogen and oxygen atoms in total. The number of piperazine rings is 1. The summed E-state index contributed by atoms with van der Waals surface area (Å²) in [6.45, 7) is 4.55. The lowest BCUT2D eigenvalue weighted by atomic mass is 10.1. The highest BCUT2D eigenvalue weighted by atomic mass is 16.2. The Bertz CT molecular complexity index is 354. The van der Waals surface area contributed by atoms with E-state index in [4.69, 9.17) is 0 Å². The Hall–Kier alpha value is -1.49. The zero-order chi connectivity index (χ0) is 11.4. The molecule has 1 fully saturated rings. The molecule has 16 heavy (non-hydrogen) atoms. The van der Waals surface area contributed by atoms with Gasteiger partial charge in [0.05, 0.1) is 6.20 Å². The molecule has 86 valence electrons. The third kappa shape index (κ3) is 2.19. The van der Waals surface area contributed by atoms with E-state index in [1.54, 1.807) is 12.4 Å². The molecule has 0 spiro atoms. The smallest absolute Gasteiger partial charge is 0.274 e. The van der Waals surface area contributed by atoms with Crippen LogP contribution in [0.1, 0.15) is 23.8 Å². The molecular weight excluding hydrogens is 204 g/mol. The predicted molar refractivity (Wildman–Crippen MR) is 60.0 cm³/mol. The molecule has 2 heterocycles. The first-order valence-corrected chi connectivity index (χ1v) is 5.60. The van der Waals surface area contributed by atoms with Crippen LogP contribution in [0.5, 0.6) is 0 Å². The van der Waals surface area contributed by atoms with Crippen LogP contribution in [-0.4, -0.2) is 46.5 Å². The van der Waals surface area contributed by atoms with Gasteiger partial charge in [-0.2, -0.15) is 0 Å².